The molecule has 0 saturated carbocycles. The van der Waals surface area contributed by atoms with Crippen LogP contribution in [0.3, 0.4) is 0 Å². The van der Waals surface area contributed by atoms with Crippen molar-refractivity contribution in [2.75, 3.05) is 59.5 Å². The Morgan fingerprint density at radius 1 is 0.784 bits per heavy atom. The highest BCUT2D eigenvalue weighted by Gasteiger charge is 2.36. The molecule has 14 nitrogen and oxygen atoms in total. The van der Waals surface area contributed by atoms with Gasteiger partial charge in [-0.05, 0) is 26.7 Å². The maximum atomic E-state index is 12.7. The van der Waals surface area contributed by atoms with E-state index in [9.17, 15) is 24.0 Å². The summed E-state index contributed by atoms with van der Waals surface area (Å²) in [6, 6.07) is 0. The molecular formula is C23H35N3O11. The predicted octanol–water partition coefficient (Wildman–Crippen LogP) is -1.02. The largest absolute Gasteiger partial charge is 0.460 e. The SMILES string of the molecule is C=C(C)C(=O)OCCOCCC(CCOCCOC(=O)C(=C)C)(COCCO)n1c(=O)[nH]c(=O)[nH]c1=O. The number of aromatic amines is 2. The molecule has 1 aromatic heterocycles. The van der Waals surface area contributed by atoms with Crippen molar-refractivity contribution in [1.82, 2.24) is 14.5 Å². The van der Waals surface area contributed by atoms with Crippen molar-refractivity contribution in [3.05, 3.63) is 55.8 Å². The average molecular weight is 530 g/mol. The standard InChI is InChI=1S/C23H35N3O11/c1-16(2)18(28)36-13-11-33-8-5-23(15-35-10-7-27,26-21(31)24-20(30)25-22(26)32)6-9-34-12-14-37-19(29)17(3)4/h27H,1,3,5-15H2,2,4H3,(H2,24,25,30,31,32). The van der Waals surface area contributed by atoms with E-state index in [-0.39, 0.29) is 83.4 Å². The van der Waals surface area contributed by atoms with Gasteiger partial charge in [0.05, 0.1) is 38.6 Å². The molecule has 3 N–H and O–H groups in total. The van der Waals surface area contributed by atoms with Gasteiger partial charge in [0.15, 0.2) is 0 Å². The van der Waals surface area contributed by atoms with Crippen LogP contribution in [0.2, 0.25) is 0 Å². The van der Waals surface area contributed by atoms with Crippen LogP contribution in [0.25, 0.3) is 0 Å². The van der Waals surface area contributed by atoms with Crippen LogP contribution >= 0.6 is 0 Å². The highest BCUT2D eigenvalue weighted by atomic mass is 16.6. The molecule has 37 heavy (non-hydrogen) atoms. The van der Waals surface area contributed by atoms with Gasteiger partial charge in [-0.2, -0.15) is 0 Å². The van der Waals surface area contributed by atoms with Gasteiger partial charge in [0.2, 0.25) is 0 Å². The number of hydrogen-bond acceptors (Lipinski definition) is 11. The lowest BCUT2D eigenvalue weighted by molar-refractivity contribution is -0.141. The number of hydrogen-bond donors (Lipinski definition) is 3. The molecular weight excluding hydrogens is 494 g/mol. The van der Waals surface area contributed by atoms with Gasteiger partial charge in [0.25, 0.3) is 0 Å². The molecule has 0 bridgehead atoms. The average Bonchev–Trinajstić information content (AvgIpc) is 2.82. The van der Waals surface area contributed by atoms with E-state index in [2.05, 4.69) is 13.2 Å². The van der Waals surface area contributed by atoms with Gasteiger partial charge in [-0.25, -0.2) is 28.5 Å². The minimum absolute atomic E-state index is 0.00827. The fraction of sp³-hybridized carbons (Fsp3) is 0.609. The molecule has 0 aromatic carbocycles. The minimum atomic E-state index is -1.35. The van der Waals surface area contributed by atoms with Gasteiger partial charge in [0.1, 0.15) is 13.2 Å². The first kappa shape index (κ1) is 31.7. The van der Waals surface area contributed by atoms with Crippen LogP contribution in [0.5, 0.6) is 0 Å². The molecule has 14 heteroatoms. The molecule has 0 saturated heterocycles. The lowest BCUT2D eigenvalue weighted by Crippen LogP contribution is -2.56. The van der Waals surface area contributed by atoms with Crippen molar-refractivity contribution < 1.29 is 38.4 Å². The monoisotopic (exact) mass is 529 g/mol. The summed E-state index contributed by atoms with van der Waals surface area (Å²) >= 11 is 0. The van der Waals surface area contributed by atoms with Crippen LogP contribution < -0.4 is 17.1 Å². The third-order valence-electron chi connectivity index (χ3n) is 4.97. The summed E-state index contributed by atoms with van der Waals surface area (Å²) in [5, 5.41) is 9.14. The molecule has 0 aliphatic carbocycles. The Hall–Kier alpha value is -3.33. The molecule has 1 rings (SSSR count). The van der Waals surface area contributed by atoms with E-state index in [0.717, 1.165) is 4.57 Å². The second kappa shape index (κ2) is 16.4. The van der Waals surface area contributed by atoms with Gasteiger partial charge < -0.3 is 28.8 Å². The number of esters is 2. The Morgan fingerprint density at radius 3 is 1.65 bits per heavy atom. The molecule has 0 fully saturated rings. The first-order valence-electron chi connectivity index (χ1n) is 11.5. The topological polar surface area (TPSA) is 188 Å². The molecule has 0 aliphatic heterocycles. The van der Waals surface area contributed by atoms with Crippen LogP contribution in [0.4, 0.5) is 0 Å². The Balaban J connectivity index is 2.99. The molecule has 0 atom stereocenters. The van der Waals surface area contributed by atoms with Gasteiger partial charge in [-0.15, -0.1) is 0 Å². The number of carbonyl (C=O) groups is 2. The molecule has 1 heterocycles. The summed E-state index contributed by atoms with van der Waals surface area (Å²) in [6.45, 7) is 9.41. The van der Waals surface area contributed by atoms with E-state index in [1.165, 1.54) is 13.8 Å². The number of ether oxygens (including phenoxy) is 5. The number of aliphatic hydroxyl groups excluding tert-OH is 1. The second-order valence-electron chi connectivity index (χ2n) is 8.08. The van der Waals surface area contributed by atoms with Gasteiger partial charge in [-0.1, -0.05) is 13.2 Å². The van der Waals surface area contributed by atoms with E-state index in [4.69, 9.17) is 28.8 Å². The Kier molecular flexibility index (Phi) is 14.1. The van der Waals surface area contributed by atoms with Crippen molar-refractivity contribution in [3.8, 4) is 0 Å². The van der Waals surface area contributed by atoms with Crippen LogP contribution in [0, 0.1) is 0 Å². The smallest absolute Gasteiger partial charge is 0.334 e. The highest BCUT2D eigenvalue weighted by molar-refractivity contribution is 5.87. The first-order chi connectivity index (χ1) is 17.5. The predicted molar refractivity (Wildman–Crippen MR) is 130 cm³/mol. The zero-order valence-corrected chi connectivity index (χ0v) is 21.2. The van der Waals surface area contributed by atoms with Crippen molar-refractivity contribution in [3.63, 3.8) is 0 Å². The van der Waals surface area contributed by atoms with E-state index < -0.39 is 34.5 Å². The van der Waals surface area contributed by atoms with Crippen molar-refractivity contribution in [2.45, 2.75) is 32.2 Å². The van der Waals surface area contributed by atoms with E-state index in [0.29, 0.717) is 0 Å². The Morgan fingerprint density at radius 2 is 1.24 bits per heavy atom. The first-order valence-corrected chi connectivity index (χ1v) is 11.5. The quantitative estimate of drug-likeness (QED) is 0.113. The molecule has 0 aliphatic rings. The minimum Gasteiger partial charge on any atom is -0.460 e. The van der Waals surface area contributed by atoms with Crippen LogP contribution in [0.15, 0.2) is 38.7 Å². The highest BCUT2D eigenvalue weighted by Crippen LogP contribution is 2.24. The fourth-order valence-corrected chi connectivity index (χ4v) is 3.11. The Labute approximate surface area is 212 Å². The van der Waals surface area contributed by atoms with Crippen molar-refractivity contribution in [2.24, 2.45) is 0 Å². The van der Waals surface area contributed by atoms with Gasteiger partial charge in [0, 0.05) is 24.4 Å². The molecule has 0 spiro atoms. The number of aromatic nitrogens is 3. The third-order valence-corrected chi connectivity index (χ3v) is 4.97. The summed E-state index contributed by atoms with van der Waals surface area (Å²) in [5.74, 6) is -1.12. The summed E-state index contributed by atoms with van der Waals surface area (Å²) in [6.07, 6.45) is 0.103. The molecule has 208 valence electrons. The number of rotatable bonds is 19. The lowest BCUT2D eigenvalue weighted by Gasteiger charge is -2.34. The second-order valence-corrected chi connectivity index (χ2v) is 8.08. The van der Waals surface area contributed by atoms with Crippen LogP contribution in [-0.2, 0) is 38.8 Å². The lowest BCUT2D eigenvalue weighted by atomic mass is 9.92. The van der Waals surface area contributed by atoms with Gasteiger partial charge >= 0.3 is 29.0 Å². The molecule has 1 aromatic rings. The summed E-state index contributed by atoms with van der Waals surface area (Å²) in [5.41, 5.74) is -3.77. The van der Waals surface area contributed by atoms with Gasteiger partial charge in [-0.3, -0.25) is 9.97 Å². The zero-order valence-electron chi connectivity index (χ0n) is 21.2. The van der Waals surface area contributed by atoms with E-state index >= 15 is 0 Å². The third kappa shape index (κ3) is 11.1. The summed E-state index contributed by atoms with van der Waals surface area (Å²) < 4.78 is 27.3. The fourth-order valence-electron chi connectivity index (χ4n) is 3.11. The van der Waals surface area contributed by atoms with E-state index in [1.807, 2.05) is 9.97 Å². The van der Waals surface area contributed by atoms with Crippen molar-refractivity contribution in [1.29, 1.82) is 0 Å². The van der Waals surface area contributed by atoms with E-state index in [1.54, 1.807) is 0 Å². The maximum absolute atomic E-state index is 12.7. The normalized spacial score (nSPS) is 11.2. The summed E-state index contributed by atoms with van der Waals surface area (Å²) in [4.78, 5) is 63.9. The molecule has 0 radical (unpaired) electrons. The van der Waals surface area contributed by atoms with Crippen LogP contribution in [-0.4, -0.2) is 91.0 Å². The van der Waals surface area contributed by atoms with Crippen molar-refractivity contribution >= 4 is 11.9 Å². The number of carbonyl (C=O) groups excluding carboxylic acids is 2. The number of H-pyrrole nitrogens is 2. The number of nitrogens with zero attached hydrogens (tertiary/aromatic N) is 1. The van der Waals surface area contributed by atoms with Crippen LogP contribution in [0.1, 0.15) is 26.7 Å². The molecule has 0 amide bonds. The zero-order chi connectivity index (χ0) is 27.8. The number of nitrogens with one attached hydrogen (secondary N) is 2. The molecule has 0 unspecified atom stereocenters. The maximum Gasteiger partial charge on any atom is 0.334 e. The Bertz CT molecular complexity index is 1010. The number of aliphatic hydroxyl groups is 1. The summed E-state index contributed by atoms with van der Waals surface area (Å²) in [7, 11) is 0.